The molecule has 3 aromatic rings. The number of carbonyl (C=O) groups excluding carboxylic acids is 1. The average molecular weight is 381 g/mol. The number of aromatic nitrogens is 2. The molecule has 0 radical (unpaired) electrons. The second-order valence-corrected chi connectivity index (χ2v) is 6.48. The first-order valence-corrected chi connectivity index (χ1v) is 8.47. The Morgan fingerprint density at radius 3 is 2.78 bits per heavy atom. The van der Waals surface area contributed by atoms with E-state index in [9.17, 15) is 14.9 Å². The van der Waals surface area contributed by atoms with E-state index < -0.39 is 4.92 Å². The van der Waals surface area contributed by atoms with E-state index in [-0.39, 0.29) is 16.6 Å². The maximum atomic E-state index is 12.3. The zero-order valence-electron chi connectivity index (χ0n) is 13.9. The molecule has 1 amide bonds. The Kier molecular flexibility index (Phi) is 4.21. The molecule has 1 aromatic heterocycles. The molecule has 0 saturated heterocycles. The van der Waals surface area contributed by atoms with Crippen LogP contribution in [0.1, 0.15) is 16.7 Å². The summed E-state index contributed by atoms with van der Waals surface area (Å²) in [6, 6.07) is 12.6. The van der Waals surface area contributed by atoms with Crippen molar-refractivity contribution in [2.75, 3.05) is 5.32 Å². The van der Waals surface area contributed by atoms with Crippen molar-refractivity contribution in [1.29, 1.82) is 0 Å². The molecule has 7 nitrogen and oxygen atoms in total. The Morgan fingerprint density at radius 2 is 2.04 bits per heavy atom. The molecular formula is C19H13ClN4O3. The fourth-order valence-corrected chi connectivity index (χ4v) is 3.19. The summed E-state index contributed by atoms with van der Waals surface area (Å²) in [4.78, 5) is 22.9. The highest BCUT2D eigenvalue weighted by Gasteiger charge is 2.28. The summed E-state index contributed by atoms with van der Waals surface area (Å²) in [6.45, 7) is 0.605. The Morgan fingerprint density at radius 1 is 1.26 bits per heavy atom. The van der Waals surface area contributed by atoms with Crippen LogP contribution in [0.2, 0.25) is 5.02 Å². The van der Waals surface area contributed by atoms with Gasteiger partial charge in [-0.05, 0) is 17.7 Å². The van der Waals surface area contributed by atoms with E-state index in [1.807, 2.05) is 36.5 Å². The third kappa shape index (κ3) is 3.32. The Hall–Kier alpha value is -3.45. The number of carbonyl (C=O) groups is 1. The lowest BCUT2D eigenvalue weighted by Gasteiger charge is -2.01. The molecule has 0 saturated carbocycles. The smallest absolute Gasteiger partial charge is 0.288 e. The first-order valence-electron chi connectivity index (χ1n) is 8.09. The maximum absolute atomic E-state index is 12.3. The van der Waals surface area contributed by atoms with E-state index >= 15 is 0 Å². The standard InChI is InChI=1S/C19H13ClN4O3/c20-16-8-17-14(7-18(16)24(26)27)15(19(25)22-17)6-13-9-21-23(11-13)10-12-4-2-1-3-5-12/h1-9,11H,10H2,(H,22,25)/b15-6+. The lowest BCUT2D eigenvalue weighted by Crippen LogP contribution is -2.03. The second-order valence-electron chi connectivity index (χ2n) is 6.08. The van der Waals surface area contributed by atoms with Gasteiger partial charge in [-0.15, -0.1) is 0 Å². The molecule has 1 aliphatic heterocycles. The predicted molar refractivity (Wildman–Crippen MR) is 102 cm³/mol. The van der Waals surface area contributed by atoms with Crippen LogP contribution in [0.4, 0.5) is 11.4 Å². The number of fused-ring (bicyclic) bond motifs is 1. The number of benzene rings is 2. The largest absolute Gasteiger partial charge is 0.321 e. The van der Waals surface area contributed by atoms with Crippen LogP contribution in [0.15, 0.2) is 54.9 Å². The molecule has 2 aromatic carbocycles. The molecule has 27 heavy (non-hydrogen) atoms. The first kappa shape index (κ1) is 17.0. The molecule has 8 heteroatoms. The summed E-state index contributed by atoms with van der Waals surface area (Å²) in [5, 5.41) is 18.1. The van der Waals surface area contributed by atoms with Gasteiger partial charge in [0.15, 0.2) is 0 Å². The number of nitro benzene ring substituents is 1. The third-order valence-electron chi connectivity index (χ3n) is 4.22. The molecule has 0 atom stereocenters. The number of anilines is 1. The van der Waals surface area contributed by atoms with Crippen molar-refractivity contribution in [1.82, 2.24) is 9.78 Å². The summed E-state index contributed by atoms with van der Waals surface area (Å²) in [5.41, 5.74) is 2.84. The van der Waals surface area contributed by atoms with Gasteiger partial charge in [0.05, 0.1) is 23.4 Å². The number of rotatable bonds is 4. The molecule has 0 fully saturated rings. The van der Waals surface area contributed by atoms with Gasteiger partial charge in [-0.3, -0.25) is 19.6 Å². The number of hydrogen-bond donors (Lipinski definition) is 1. The van der Waals surface area contributed by atoms with E-state index in [1.165, 1.54) is 12.1 Å². The number of halogens is 1. The molecule has 0 unspecified atom stereocenters. The van der Waals surface area contributed by atoms with E-state index in [0.717, 1.165) is 11.1 Å². The molecular weight excluding hydrogens is 368 g/mol. The molecule has 0 spiro atoms. The maximum Gasteiger partial charge on any atom is 0.288 e. The van der Waals surface area contributed by atoms with Crippen LogP contribution in [0.3, 0.4) is 0 Å². The van der Waals surface area contributed by atoms with Gasteiger partial charge >= 0.3 is 0 Å². The second kappa shape index (κ2) is 6.69. The van der Waals surface area contributed by atoms with Gasteiger partial charge in [0.25, 0.3) is 11.6 Å². The van der Waals surface area contributed by atoms with Crippen molar-refractivity contribution in [2.45, 2.75) is 6.54 Å². The number of hydrogen-bond acceptors (Lipinski definition) is 4. The van der Waals surface area contributed by atoms with Crippen molar-refractivity contribution >= 4 is 40.5 Å². The fraction of sp³-hybridized carbons (Fsp3) is 0.0526. The zero-order chi connectivity index (χ0) is 19.0. The summed E-state index contributed by atoms with van der Waals surface area (Å²) < 4.78 is 1.76. The number of nitrogens with one attached hydrogen (secondary N) is 1. The van der Waals surface area contributed by atoms with E-state index in [4.69, 9.17) is 11.6 Å². The molecule has 0 bridgehead atoms. The van der Waals surface area contributed by atoms with Crippen molar-refractivity contribution in [3.63, 3.8) is 0 Å². The molecule has 134 valence electrons. The summed E-state index contributed by atoms with van der Waals surface area (Å²) >= 11 is 5.91. The highest BCUT2D eigenvalue weighted by Crippen LogP contribution is 2.39. The first-order chi connectivity index (χ1) is 13.0. The van der Waals surface area contributed by atoms with Gasteiger partial charge in [-0.2, -0.15) is 5.10 Å². The number of nitrogens with zero attached hydrogens (tertiary/aromatic N) is 3. The lowest BCUT2D eigenvalue weighted by atomic mass is 10.0. The molecule has 2 heterocycles. The number of nitro groups is 1. The van der Waals surface area contributed by atoms with Gasteiger partial charge in [0.2, 0.25) is 0 Å². The quantitative estimate of drug-likeness (QED) is 0.421. The Balaban J connectivity index is 1.67. The van der Waals surface area contributed by atoms with E-state index in [1.54, 1.807) is 17.0 Å². The highest BCUT2D eigenvalue weighted by atomic mass is 35.5. The lowest BCUT2D eigenvalue weighted by molar-refractivity contribution is -0.384. The topological polar surface area (TPSA) is 90.1 Å². The summed E-state index contributed by atoms with van der Waals surface area (Å²) in [6.07, 6.45) is 5.12. The predicted octanol–water partition coefficient (Wildman–Crippen LogP) is 3.99. The highest BCUT2D eigenvalue weighted by molar-refractivity contribution is 6.37. The van der Waals surface area contributed by atoms with Crippen molar-refractivity contribution in [3.8, 4) is 0 Å². The van der Waals surface area contributed by atoms with Crippen molar-refractivity contribution < 1.29 is 9.72 Å². The minimum Gasteiger partial charge on any atom is -0.321 e. The SMILES string of the molecule is O=C1Nc2cc(Cl)c([N+](=O)[O-])cc2/C1=C\c1cnn(Cc2ccccc2)c1. The monoisotopic (exact) mass is 380 g/mol. The molecule has 1 N–H and O–H groups in total. The summed E-state index contributed by atoms with van der Waals surface area (Å²) in [5.74, 6) is -0.336. The van der Waals surface area contributed by atoms with Crippen LogP contribution in [0.25, 0.3) is 11.6 Å². The molecule has 4 rings (SSSR count). The minimum absolute atomic E-state index is 0.0176. The van der Waals surface area contributed by atoms with Crippen molar-refractivity contribution in [3.05, 3.63) is 86.7 Å². The summed E-state index contributed by atoms with van der Waals surface area (Å²) in [7, 11) is 0. The van der Waals surface area contributed by atoms with Crippen LogP contribution in [0.5, 0.6) is 0 Å². The Bertz CT molecular complexity index is 1090. The van der Waals surface area contributed by atoms with Crippen LogP contribution in [0, 0.1) is 10.1 Å². The van der Waals surface area contributed by atoms with Crippen LogP contribution < -0.4 is 5.32 Å². The third-order valence-corrected chi connectivity index (χ3v) is 4.52. The van der Waals surface area contributed by atoms with E-state index in [2.05, 4.69) is 10.4 Å². The normalized spacial score (nSPS) is 14.3. The van der Waals surface area contributed by atoms with Gasteiger partial charge in [-0.25, -0.2) is 0 Å². The van der Waals surface area contributed by atoms with Gasteiger partial charge in [0.1, 0.15) is 5.02 Å². The van der Waals surface area contributed by atoms with Crippen LogP contribution >= 0.6 is 11.6 Å². The fourth-order valence-electron chi connectivity index (χ4n) is 2.96. The zero-order valence-corrected chi connectivity index (χ0v) is 14.7. The van der Waals surface area contributed by atoms with Gasteiger partial charge in [0, 0.05) is 29.0 Å². The van der Waals surface area contributed by atoms with Gasteiger partial charge < -0.3 is 5.32 Å². The van der Waals surface area contributed by atoms with Gasteiger partial charge in [-0.1, -0.05) is 41.9 Å². The minimum atomic E-state index is -0.569. The molecule has 0 aliphatic carbocycles. The van der Waals surface area contributed by atoms with E-state index in [0.29, 0.717) is 23.4 Å². The van der Waals surface area contributed by atoms with Crippen LogP contribution in [-0.2, 0) is 11.3 Å². The number of amides is 1. The Labute approximate surface area is 159 Å². The van der Waals surface area contributed by atoms with Crippen molar-refractivity contribution in [2.24, 2.45) is 0 Å². The average Bonchev–Trinajstić information content (AvgIpc) is 3.19. The van der Waals surface area contributed by atoms with Crippen LogP contribution in [-0.4, -0.2) is 20.6 Å². The molecule has 1 aliphatic rings.